The van der Waals surface area contributed by atoms with Gasteiger partial charge in [0.1, 0.15) is 18.3 Å². The molecule has 2 aliphatic rings. The lowest BCUT2D eigenvalue weighted by atomic mass is 9.96. The quantitative estimate of drug-likeness (QED) is 0.226. The molecule has 1 heterocycles. The van der Waals surface area contributed by atoms with Crippen molar-refractivity contribution in [3.05, 3.63) is 0 Å². The fraction of sp³-hybridized carbons (Fsp3) is 0.962. The fourth-order valence-electron chi connectivity index (χ4n) is 4.39. The first-order valence-corrected chi connectivity index (χ1v) is 13.4. The van der Waals surface area contributed by atoms with Crippen LogP contribution in [-0.2, 0) is 33.2 Å². The molecular weight excluding hydrogens is 424 g/mol. The number of carbonyl (C=O) groups is 1. The van der Waals surface area contributed by atoms with Crippen molar-refractivity contribution in [2.75, 3.05) is 26.4 Å². The lowest BCUT2D eigenvalue weighted by Gasteiger charge is -2.46. The maximum absolute atomic E-state index is 12.1. The maximum atomic E-state index is 12.1. The van der Waals surface area contributed by atoms with Crippen molar-refractivity contribution in [3.63, 3.8) is 0 Å². The summed E-state index contributed by atoms with van der Waals surface area (Å²) in [6.07, 6.45) is 9.13. The number of hydrogen-bond acceptors (Lipinski definition) is 7. The van der Waals surface area contributed by atoms with E-state index in [0.29, 0.717) is 26.4 Å². The second-order valence-corrected chi connectivity index (χ2v) is 9.32. The van der Waals surface area contributed by atoms with E-state index in [1.165, 1.54) is 13.3 Å². The summed E-state index contributed by atoms with van der Waals surface area (Å²) in [6.45, 7) is 10.1. The normalized spacial score (nSPS) is 28.7. The highest BCUT2D eigenvalue weighted by molar-refractivity contribution is 5.66. The monoisotopic (exact) mass is 472 g/mol. The first-order chi connectivity index (χ1) is 16.1. The lowest BCUT2D eigenvalue weighted by molar-refractivity contribution is -0.327. The molecule has 0 radical (unpaired) electrons. The molecule has 7 heteroatoms. The summed E-state index contributed by atoms with van der Waals surface area (Å²) < 4.78 is 37.2. The Morgan fingerprint density at radius 3 is 2.03 bits per heavy atom. The predicted octanol–water partition coefficient (Wildman–Crippen LogP) is 5.18. The Hall–Kier alpha value is -0.730. The number of carbonyl (C=O) groups excluding carboxylic acids is 1. The zero-order chi connectivity index (χ0) is 23.9. The van der Waals surface area contributed by atoms with Gasteiger partial charge in [-0.2, -0.15) is 0 Å². The van der Waals surface area contributed by atoms with Crippen LogP contribution in [0.2, 0.25) is 0 Å². The molecule has 0 aromatic rings. The Kier molecular flexibility index (Phi) is 14.5. The van der Waals surface area contributed by atoms with Crippen LogP contribution in [0.15, 0.2) is 0 Å². The van der Waals surface area contributed by atoms with Crippen LogP contribution in [-0.4, -0.2) is 69.2 Å². The van der Waals surface area contributed by atoms with Gasteiger partial charge in [0, 0.05) is 26.7 Å². The van der Waals surface area contributed by atoms with Crippen molar-refractivity contribution < 1.29 is 33.2 Å². The van der Waals surface area contributed by atoms with Gasteiger partial charge in [-0.1, -0.05) is 59.3 Å². The fourth-order valence-corrected chi connectivity index (χ4v) is 4.39. The van der Waals surface area contributed by atoms with E-state index in [2.05, 4.69) is 20.8 Å². The van der Waals surface area contributed by atoms with E-state index < -0.39 is 18.5 Å². The molecule has 33 heavy (non-hydrogen) atoms. The Morgan fingerprint density at radius 2 is 1.42 bits per heavy atom. The summed E-state index contributed by atoms with van der Waals surface area (Å²) in [5.41, 5.74) is 0. The molecule has 0 aromatic carbocycles. The Labute approximate surface area is 201 Å². The molecule has 1 aliphatic carbocycles. The largest absolute Gasteiger partial charge is 0.454 e. The molecule has 0 spiro atoms. The zero-order valence-corrected chi connectivity index (χ0v) is 21.4. The third kappa shape index (κ3) is 10.2. The topological polar surface area (TPSA) is 72.5 Å². The average Bonchev–Trinajstić information content (AvgIpc) is 2.80. The van der Waals surface area contributed by atoms with Crippen molar-refractivity contribution in [1.29, 1.82) is 0 Å². The zero-order valence-electron chi connectivity index (χ0n) is 21.4. The second-order valence-electron chi connectivity index (χ2n) is 9.32. The van der Waals surface area contributed by atoms with Gasteiger partial charge in [-0.3, -0.25) is 4.79 Å². The van der Waals surface area contributed by atoms with Crippen LogP contribution in [0.5, 0.6) is 0 Å². The minimum Gasteiger partial charge on any atom is -0.454 e. The molecule has 0 amide bonds. The van der Waals surface area contributed by atoms with Crippen LogP contribution < -0.4 is 0 Å². The minimum absolute atomic E-state index is 0.109. The molecule has 2 fully saturated rings. The van der Waals surface area contributed by atoms with Gasteiger partial charge in [-0.15, -0.1) is 0 Å². The number of rotatable bonds is 16. The Balaban J connectivity index is 2.23. The summed E-state index contributed by atoms with van der Waals surface area (Å²) in [6, 6.07) is 0. The van der Waals surface area contributed by atoms with Gasteiger partial charge < -0.3 is 28.4 Å². The number of unbranched alkanes of at least 4 members (excludes halogenated alkanes) is 3. The van der Waals surface area contributed by atoms with E-state index >= 15 is 0 Å². The summed E-state index contributed by atoms with van der Waals surface area (Å²) in [5, 5.41) is 0. The average molecular weight is 473 g/mol. The van der Waals surface area contributed by atoms with Gasteiger partial charge in [-0.25, -0.2) is 0 Å². The number of hydrogen-bond donors (Lipinski definition) is 0. The first-order valence-electron chi connectivity index (χ1n) is 13.4. The van der Waals surface area contributed by atoms with E-state index in [1.54, 1.807) is 0 Å². The summed E-state index contributed by atoms with van der Waals surface area (Å²) in [5.74, 6) is -0.366. The molecule has 0 aromatic heterocycles. The molecule has 0 N–H and O–H groups in total. The van der Waals surface area contributed by atoms with Crippen molar-refractivity contribution in [3.8, 4) is 0 Å². The van der Waals surface area contributed by atoms with Crippen LogP contribution in [0.25, 0.3) is 0 Å². The molecule has 0 bridgehead atoms. The third-order valence-corrected chi connectivity index (χ3v) is 6.31. The van der Waals surface area contributed by atoms with Gasteiger partial charge in [0.25, 0.3) is 0 Å². The van der Waals surface area contributed by atoms with Gasteiger partial charge >= 0.3 is 5.97 Å². The molecule has 1 aliphatic heterocycles. The molecule has 5 atom stereocenters. The standard InChI is InChI=1S/C26H48O7/c1-5-8-16-28-19-22-23(29-17-9-6-2)24(30-18-10-7-3)25(31-20(4)27)26(33-22)32-21-14-12-11-13-15-21/h21-26H,5-19H2,1-4H3. The lowest BCUT2D eigenvalue weighted by Crippen LogP contribution is -2.62. The highest BCUT2D eigenvalue weighted by atomic mass is 16.7. The van der Waals surface area contributed by atoms with Gasteiger partial charge in [0.05, 0.1) is 12.7 Å². The van der Waals surface area contributed by atoms with Crippen molar-refractivity contribution in [1.82, 2.24) is 0 Å². The van der Waals surface area contributed by atoms with Gasteiger partial charge in [0.2, 0.25) is 0 Å². The van der Waals surface area contributed by atoms with Crippen LogP contribution in [0.3, 0.4) is 0 Å². The predicted molar refractivity (Wildman–Crippen MR) is 127 cm³/mol. The van der Waals surface area contributed by atoms with Crippen molar-refractivity contribution >= 4 is 5.97 Å². The summed E-state index contributed by atoms with van der Waals surface area (Å²) >= 11 is 0. The van der Waals surface area contributed by atoms with Crippen LogP contribution in [0.4, 0.5) is 0 Å². The molecule has 1 saturated heterocycles. The molecular formula is C26H48O7. The summed E-state index contributed by atoms with van der Waals surface area (Å²) in [7, 11) is 0. The van der Waals surface area contributed by atoms with Crippen molar-refractivity contribution in [2.24, 2.45) is 0 Å². The van der Waals surface area contributed by atoms with E-state index in [1.807, 2.05) is 0 Å². The SMILES string of the molecule is CCCCOCC1OC(OC2CCCCC2)C(OC(C)=O)C(OCCCC)C1OCCCC. The van der Waals surface area contributed by atoms with Gasteiger partial charge in [0.15, 0.2) is 12.4 Å². The van der Waals surface area contributed by atoms with Crippen LogP contribution in [0, 0.1) is 0 Å². The summed E-state index contributed by atoms with van der Waals surface area (Å²) in [4.78, 5) is 12.1. The van der Waals surface area contributed by atoms with E-state index in [-0.39, 0.29) is 24.3 Å². The van der Waals surface area contributed by atoms with E-state index in [0.717, 1.165) is 64.2 Å². The minimum atomic E-state index is -0.686. The molecule has 1 saturated carbocycles. The second kappa shape index (κ2) is 16.8. The smallest absolute Gasteiger partial charge is 0.303 e. The Morgan fingerprint density at radius 1 is 0.818 bits per heavy atom. The van der Waals surface area contributed by atoms with Crippen LogP contribution in [0.1, 0.15) is 98.3 Å². The highest BCUT2D eigenvalue weighted by Gasteiger charge is 2.50. The van der Waals surface area contributed by atoms with E-state index in [4.69, 9.17) is 28.4 Å². The highest BCUT2D eigenvalue weighted by Crippen LogP contribution is 2.32. The molecule has 5 unspecified atom stereocenters. The van der Waals surface area contributed by atoms with Crippen molar-refractivity contribution in [2.45, 2.75) is 135 Å². The number of esters is 1. The first kappa shape index (κ1) is 28.5. The third-order valence-electron chi connectivity index (χ3n) is 6.31. The molecule has 2 rings (SSSR count). The van der Waals surface area contributed by atoms with Crippen LogP contribution >= 0.6 is 0 Å². The van der Waals surface area contributed by atoms with Gasteiger partial charge in [-0.05, 0) is 32.1 Å². The molecule has 194 valence electrons. The number of ether oxygens (including phenoxy) is 6. The molecule has 7 nitrogen and oxygen atoms in total. The maximum Gasteiger partial charge on any atom is 0.303 e. The van der Waals surface area contributed by atoms with E-state index in [9.17, 15) is 4.79 Å². The Bertz CT molecular complexity index is 509.